The minimum Gasteiger partial charge on any atom is -0.313 e. The van der Waals surface area contributed by atoms with Crippen LogP contribution in [0.2, 0.25) is 0 Å². The molecule has 1 unspecified atom stereocenters. The molecular formula is C16H18FN3. The van der Waals surface area contributed by atoms with Crippen LogP contribution >= 0.6 is 0 Å². The third-order valence-corrected chi connectivity index (χ3v) is 3.83. The molecular weight excluding hydrogens is 253 g/mol. The molecule has 20 heavy (non-hydrogen) atoms. The van der Waals surface area contributed by atoms with Crippen LogP contribution in [-0.4, -0.2) is 17.0 Å². The van der Waals surface area contributed by atoms with Gasteiger partial charge in [-0.25, -0.2) is 14.4 Å². The fourth-order valence-corrected chi connectivity index (χ4v) is 2.85. The van der Waals surface area contributed by atoms with E-state index in [0.717, 1.165) is 36.1 Å². The molecule has 0 radical (unpaired) electrons. The lowest BCUT2D eigenvalue weighted by Crippen LogP contribution is -2.22. The zero-order chi connectivity index (χ0) is 14.1. The number of rotatable bonds is 2. The molecule has 1 heterocycles. The zero-order valence-corrected chi connectivity index (χ0v) is 11.8. The van der Waals surface area contributed by atoms with Gasteiger partial charge in [-0.3, -0.25) is 0 Å². The van der Waals surface area contributed by atoms with Crippen LogP contribution in [0.15, 0.2) is 24.4 Å². The van der Waals surface area contributed by atoms with E-state index < -0.39 is 0 Å². The first-order chi connectivity index (χ1) is 9.67. The van der Waals surface area contributed by atoms with Crippen molar-refractivity contribution in [1.29, 1.82) is 0 Å². The highest BCUT2D eigenvalue weighted by Crippen LogP contribution is 2.29. The average Bonchev–Trinajstić information content (AvgIpc) is 2.45. The predicted octanol–water partition coefficient (Wildman–Crippen LogP) is 3.19. The third-order valence-electron chi connectivity index (χ3n) is 3.83. The lowest BCUT2D eigenvalue weighted by Gasteiger charge is -2.24. The van der Waals surface area contributed by atoms with Crippen molar-refractivity contribution < 1.29 is 4.39 Å². The standard InChI is InChI=1S/C16H18FN3/c1-10-6-11(8-12(17)7-10)16-19-9-13-14(18-2)4-3-5-15(13)20-16/h6-9,14,18H,3-5H2,1-2H3. The number of benzene rings is 1. The van der Waals surface area contributed by atoms with Gasteiger partial charge in [-0.05, 0) is 57.0 Å². The van der Waals surface area contributed by atoms with E-state index in [1.54, 1.807) is 0 Å². The second-order valence-corrected chi connectivity index (χ2v) is 5.35. The van der Waals surface area contributed by atoms with E-state index in [2.05, 4.69) is 15.3 Å². The van der Waals surface area contributed by atoms with Crippen molar-refractivity contribution in [2.45, 2.75) is 32.2 Å². The Labute approximate surface area is 118 Å². The monoisotopic (exact) mass is 271 g/mol. The van der Waals surface area contributed by atoms with E-state index in [1.807, 2.05) is 26.2 Å². The van der Waals surface area contributed by atoms with Crippen LogP contribution in [-0.2, 0) is 6.42 Å². The maximum Gasteiger partial charge on any atom is 0.159 e. The van der Waals surface area contributed by atoms with E-state index in [0.29, 0.717) is 11.9 Å². The SMILES string of the molecule is CNC1CCCc2nc(-c3cc(C)cc(F)c3)ncc21. The Morgan fingerprint density at radius 2 is 2.15 bits per heavy atom. The van der Waals surface area contributed by atoms with E-state index in [-0.39, 0.29) is 5.82 Å². The summed E-state index contributed by atoms with van der Waals surface area (Å²) in [5, 5.41) is 3.30. The molecule has 1 aromatic heterocycles. The number of aryl methyl sites for hydroxylation is 2. The maximum atomic E-state index is 13.5. The number of aromatic nitrogens is 2. The highest BCUT2D eigenvalue weighted by molar-refractivity contribution is 5.56. The van der Waals surface area contributed by atoms with Crippen LogP contribution in [0.1, 0.15) is 35.7 Å². The highest BCUT2D eigenvalue weighted by atomic mass is 19.1. The van der Waals surface area contributed by atoms with Crippen molar-refractivity contribution in [3.63, 3.8) is 0 Å². The Morgan fingerprint density at radius 3 is 2.90 bits per heavy atom. The molecule has 0 fully saturated rings. The summed E-state index contributed by atoms with van der Waals surface area (Å²) in [5.74, 6) is 0.373. The summed E-state index contributed by atoms with van der Waals surface area (Å²) in [4.78, 5) is 9.07. The molecule has 1 N–H and O–H groups in total. The summed E-state index contributed by atoms with van der Waals surface area (Å²) in [6, 6.07) is 5.26. The van der Waals surface area contributed by atoms with Gasteiger partial charge in [-0.15, -0.1) is 0 Å². The molecule has 104 valence electrons. The molecule has 3 rings (SSSR count). The van der Waals surface area contributed by atoms with Gasteiger partial charge in [-0.1, -0.05) is 0 Å². The molecule has 0 spiro atoms. The van der Waals surface area contributed by atoms with E-state index in [9.17, 15) is 4.39 Å². The molecule has 2 aromatic rings. The van der Waals surface area contributed by atoms with Gasteiger partial charge in [0.25, 0.3) is 0 Å². The van der Waals surface area contributed by atoms with E-state index >= 15 is 0 Å². The molecule has 1 aliphatic carbocycles. The summed E-state index contributed by atoms with van der Waals surface area (Å²) >= 11 is 0. The first-order valence-corrected chi connectivity index (χ1v) is 6.98. The van der Waals surface area contributed by atoms with Gasteiger partial charge < -0.3 is 5.32 Å². The number of fused-ring (bicyclic) bond motifs is 1. The smallest absolute Gasteiger partial charge is 0.159 e. The minimum absolute atomic E-state index is 0.241. The van der Waals surface area contributed by atoms with Crippen LogP contribution in [0.4, 0.5) is 4.39 Å². The number of halogens is 1. The second kappa shape index (κ2) is 5.29. The van der Waals surface area contributed by atoms with Crippen molar-refractivity contribution in [3.8, 4) is 11.4 Å². The Morgan fingerprint density at radius 1 is 1.30 bits per heavy atom. The summed E-state index contributed by atoms with van der Waals surface area (Å²) in [5.41, 5.74) is 3.89. The molecule has 4 heteroatoms. The Kier molecular flexibility index (Phi) is 3.49. The van der Waals surface area contributed by atoms with Gasteiger partial charge in [0, 0.05) is 29.1 Å². The molecule has 0 bridgehead atoms. The largest absolute Gasteiger partial charge is 0.313 e. The van der Waals surface area contributed by atoms with Gasteiger partial charge in [0.15, 0.2) is 5.82 Å². The topological polar surface area (TPSA) is 37.8 Å². The molecule has 0 amide bonds. The van der Waals surface area contributed by atoms with Crippen molar-refractivity contribution in [3.05, 3.63) is 47.0 Å². The van der Waals surface area contributed by atoms with E-state index in [1.165, 1.54) is 17.7 Å². The van der Waals surface area contributed by atoms with Crippen LogP contribution in [0.25, 0.3) is 11.4 Å². The minimum atomic E-state index is -0.241. The number of nitrogens with one attached hydrogen (secondary N) is 1. The lowest BCUT2D eigenvalue weighted by molar-refractivity contribution is 0.488. The van der Waals surface area contributed by atoms with Gasteiger partial charge in [0.2, 0.25) is 0 Å². The third kappa shape index (κ3) is 2.43. The number of hydrogen-bond donors (Lipinski definition) is 1. The number of nitrogens with zero attached hydrogens (tertiary/aromatic N) is 2. The van der Waals surface area contributed by atoms with Gasteiger partial charge in [-0.2, -0.15) is 0 Å². The van der Waals surface area contributed by atoms with Crippen molar-refractivity contribution in [1.82, 2.24) is 15.3 Å². The van der Waals surface area contributed by atoms with Crippen LogP contribution in [0.5, 0.6) is 0 Å². The van der Waals surface area contributed by atoms with Gasteiger partial charge in [0.1, 0.15) is 5.82 Å². The molecule has 0 aliphatic heterocycles. The average molecular weight is 271 g/mol. The molecule has 1 aromatic carbocycles. The van der Waals surface area contributed by atoms with Crippen LogP contribution in [0, 0.1) is 12.7 Å². The summed E-state index contributed by atoms with van der Waals surface area (Å²) < 4.78 is 13.5. The fraction of sp³-hybridized carbons (Fsp3) is 0.375. The molecule has 1 aliphatic rings. The summed E-state index contributed by atoms with van der Waals surface area (Å²) in [7, 11) is 1.96. The van der Waals surface area contributed by atoms with Crippen molar-refractivity contribution >= 4 is 0 Å². The normalized spacial score (nSPS) is 17.9. The molecule has 3 nitrogen and oxygen atoms in total. The fourth-order valence-electron chi connectivity index (χ4n) is 2.85. The first kappa shape index (κ1) is 13.2. The van der Waals surface area contributed by atoms with Crippen molar-refractivity contribution in [2.24, 2.45) is 0 Å². The molecule has 0 saturated heterocycles. The molecule has 0 saturated carbocycles. The summed E-state index contributed by atoms with van der Waals surface area (Å²) in [6.45, 7) is 1.88. The first-order valence-electron chi connectivity index (χ1n) is 6.98. The van der Waals surface area contributed by atoms with Crippen LogP contribution in [0.3, 0.4) is 0 Å². The van der Waals surface area contributed by atoms with Crippen LogP contribution < -0.4 is 5.32 Å². The summed E-state index contributed by atoms with van der Waals surface area (Å²) in [6.07, 6.45) is 5.10. The number of hydrogen-bond acceptors (Lipinski definition) is 3. The maximum absolute atomic E-state index is 13.5. The molecule has 1 atom stereocenters. The predicted molar refractivity (Wildman–Crippen MR) is 76.9 cm³/mol. The highest BCUT2D eigenvalue weighted by Gasteiger charge is 2.21. The quantitative estimate of drug-likeness (QED) is 0.911. The Balaban J connectivity index is 2.04. The van der Waals surface area contributed by atoms with Crippen molar-refractivity contribution in [2.75, 3.05) is 7.05 Å². The second-order valence-electron chi connectivity index (χ2n) is 5.35. The van der Waals surface area contributed by atoms with E-state index in [4.69, 9.17) is 0 Å². The van der Waals surface area contributed by atoms with Gasteiger partial charge in [0.05, 0.1) is 0 Å². The lowest BCUT2D eigenvalue weighted by atomic mass is 9.92. The Hall–Kier alpha value is -1.81. The zero-order valence-electron chi connectivity index (χ0n) is 11.8. The van der Waals surface area contributed by atoms with Gasteiger partial charge >= 0.3 is 0 Å². The Bertz CT molecular complexity index is 619.